The van der Waals surface area contributed by atoms with Gasteiger partial charge in [0.1, 0.15) is 0 Å². The largest absolute Gasteiger partial charge is 0.366 e. The maximum absolute atomic E-state index is 10.4. The van der Waals surface area contributed by atoms with Gasteiger partial charge in [-0.2, -0.15) is 0 Å². The van der Waals surface area contributed by atoms with E-state index in [0.717, 1.165) is 44.7 Å². The molecule has 1 fully saturated rings. The highest BCUT2D eigenvalue weighted by Gasteiger charge is 2.31. The van der Waals surface area contributed by atoms with Crippen molar-refractivity contribution in [3.8, 4) is 0 Å². The van der Waals surface area contributed by atoms with E-state index < -0.39 is 0 Å². The van der Waals surface area contributed by atoms with Crippen molar-refractivity contribution in [1.82, 2.24) is 15.3 Å². The summed E-state index contributed by atoms with van der Waals surface area (Å²) in [5.74, 6) is 0. The van der Waals surface area contributed by atoms with E-state index in [4.69, 9.17) is 0 Å². The van der Waals surface area contributed by atoms with Crippen LogP contribution in [-0.2, 0) is 6.42 Å². The zero-order valence-electron chi connectivity index (χ0n) is 9.89. The van der Waals surface area contributed by atoms with Crippen LogP contribution in [0.25, 0.3) is 0 Å². The second-order valence-electron chi connectivity index (χ2n) is 4.56. The predicted octanol–water partition coefficient (Wildman–Crippen LogP) is 0.575. The lowest BCUT2D eigenvalue weighted by Gasteiger charge is -2.42. The molecule has 91 valence electrons. The number of benzene rings is 1. The summed E-state index contributed by atoms with van der Waals surface area (Å²) in [4.78, 5) is 0. The zero-order chi connectivity index (χ0) is 11.7. The van der Waals surface area contributed by atoms with Gasteiger partial charge in [-0.25, -0.2) is 10.0 Å². The van der Waals surface area contributed by atoms with Gasteiger partial charge in [0.25, 0.3) is 0 Å². The average Bonchev–Trinajstić information content (AvgIpc) is 2.40. The number of aliphatic hydroxyl groups is 1. The summed E-state index contributed by atoms with van der Waals surface area (Å²) < 4.78 is 0. The van der Waals surface area contributed by atoms with E-state index in [9.17, 15) is 5.11 Å². The fraction of sp³-hybridized carbons (Fsp3) is 0.462. The van der Waals surface area contributed by atoms with Crippen LogP contribution in [-0.4, -0.2) is 47.8 Å². The van der Waals surface area contributed by atoms with E-state index in [0.29, 0.717) is 6.23 Å². The summed E-state index contributed by atoms with van der Waals surface area (Å²) in [5.41, 5.74) is 2.23. The SMILES string of the molecule is O[C]1c2ccccc2CCN1N1CCNCC1. The van der Waals surface area contributed by atoms with Gasteiger partial charge in [0.05, 0.1) is 0 Å². The smallest absolute Gasteiger partial charge is 0.207 e. The van der Waals surface area contributed by atoms with Crippen molar-refractivity contribution < 1.29 is 5.11 Å². The quantitative estimate of drug-likeness (QED) is 0.743. The van der Waals surface area contributed by atoms with Gasteiger partial charge in [0, 0.05) is 38.3 Å². The Bertz CT molecular complexity index is 390. The minimum Gasteiger partial charge on any atom is -0.366 e. The van der Waals surface area contributed by atoms with Crippen LogP contribution in [0, 0.1) is 6.23 Å². The molecular formula is C13H18N3O. The average molecular weight is 232 g/mol. The maximum atomic E-state index is 10.4. The molecule has 0 amide bonds. The van der Waals surface area contributed by atoms with Crippen LogP contribution in [0.3, 0.4) is 0 Å². The summed E-state index contributed by atoms with van der Waals surface area (Å²) >= 11 is 0. The summed E-state index contributed by atoms with van der Waals surface area (Å²) in [5, 5.41) is 18.0. The maximum Gasteiger partial charge on any atom is 0.207 e. The molecule has 3 rings (SSSR count). The van der Waals surface area contributed by atoms with Crippen molar-refractivity contribution in [1.29, 1.82) is 0 Å². The number of hydrazine groups is 1. The fourth-order valence-corrected chi connectivity index (χ4v) is 2.60. The molecule has 1 aromatic rings. The van der Waals surface area contributed by atoms with Crippen LogP contribution >= 0.6 is 0 Å². The number of rotatable bonds is 1. The molecule has 1 radical (unpaired) electrons. The summed E-state index contributed by atoms with van der Waals surface area (Å²) in [7, 11) is 0. The summed E-state index contributed by atoms with van der Waals surface area (Å²) in [6.45, 7) is 4.79. The Morgan fingerprint density at radius 1 is 1.06 bits per heavy atom. The van der Waals surface area contributed by atoms with Crippen molar-refractivity contribution in [2.75, 3.05) is 32.7 Å². The minimum atomic E-state index is 0.411. The molecule has 0 unspecified atom stereocenters. The molecule has 0 aromatic heterocycles. The Hall–Kier alpha value is -0.940. The molecule has 2 heterocycles. The third-order valence-electron chi connectivity index (χ3n) is 3.53. The van der Waals surface area contributed by atoms with Crippen molar-refractivity contribution in [3.63, 3.8) is 0 Å². The molecule has 2 aliphatic heterocycles. The van der Waals surface area contributed by atoms with Gasteiger partial charge >= 0.3 is 0 Å². The molecule has 0 atom stereocenters. The van der Waals surface area contributed by atoms with Gasteiger partial charge < -0.3 is 10.4 Å². The van der Waals surface area contributed by atoms with E-state index >= 15 is 0 Å². The fourth-order valence-electron chi connectivity index (χ4n) is 2.60. The second kappa shape index (κ2) is 4.74. The van der Waals surface area contributed by atoms with Crippen LogP contribution in [0.5, 0.6) is 0 Å². The van der Waals surface area contributed by atoms with Crippen LogP contribution in [0.15, 0.2) is 24.3 Å². The van der Waals surface area contributed by atoms with Gasteiger partial charge in [0.15, 0.2) is 0 Å². The first kappa shape index (κ1) is 11.2. The molecule has 0 aliphatic carbocycles. The van der Waals surface area contributed by atoms with Crippen LogP contribution < -0.4 is 5.32 Å². The van der Waals surface area contributed by atoms with Crippen LogP contribution in [0.4, 0.5) is 0 Å². The number of nitrogens with zero attached hydrogens (tertiary/aromatic N) is 2. The Balaban J connectivity index is 1.81. The Kier molecular flexibility index (Phi) is 3.11. The summed E-state index contributed by atoms with van der Waals surface area (Å²) in [6.07, 6.45) is 1.42. The first-order valence-electron chi connectivity index (χ1n) is 6.23. The molecule has 4 nitrogen and oxygen atoms in total. The lowest BCUT2D eigenvalue weighted by atomic mass is 9.99. The van der Waals surface area contributed by atoms with E-state index in [1.807, 2.05) is 23.2 Å². The monoisotopic (exact) mass is 232 g/mol. The van der Waals surface area contributed by atoms with E-state index in [-0.39, 0.29) is 0 Å². The lowest BCUT2D eigenvalue weighted by Crippen LogP contribution is -2.55. The molecule has 2 N–H and O–H groups in total. The van der Waals surface area contributed by atoms with Gasteiger partial charge in [-0.15, -0.1) is 0 Å². The predicted molar refractivity (Wildman–Crippen MR) is 65.6 cm³/mol. The number of nitrogens with one attached hydrogen (secondary N) is 1. The number of hydrogen-bond acceptors (Lipinski definition) is 4. The standard InChI is InChI=1S/C13H18N3O/c17-13-12-4-2-1-3-11(12)5-8-16(13)15-9-6-14-7-10-15/h1-4,14,17H,5-10H2. The number of piperazine rings is 1. The number of aliphatic hydroxyl groups excluding tert-OH is 1. The molecule has 1 saturated heterocycles. The zero-order valence-corrected chi connectivity index (χ0v) is 9.89. The first-order valence-corrected chi connectivity index (χ1v) is 6.23. The molecule has 0 bridgehead atoms. The minimum absolute atomic E-state index is 0.411. The van der Waals surface area contributed by atoms with Crippen molar-refractivity contribution in [3.05, 3.63) is 41.6 Å². The van der Waals surface area contributed by atoms with E-state index in [1.165, 1.54) is 5.56 Å². The Morgan fingerprint density at radius 3 is 2.65 bits per heavy atom. The van der Waals surface area contributed by atoms with Crippen LogP contribution in [0.1, 0.15) is 11.1 Å². The van der Waals surface area contributed by atoms with E-state index in [1.54, 1.807) is 0 Å². The van der Waals surface area contributed by atoms with Gasteiger partial charge in [-0.3, -0.25) is 0 Å². The van der Waals surface area contributed by atoms with Crippen molar-refractivity contribution >= 4 is 0 Å². The van der Waals surface area contributed by atoms with E-state index in [2.05, 4.69) is 16.4 Å². The second-order valence-corrected chi connectivity index (χ2v) is 4.56. The highest BCUT2D eigenvalue weighted by Crippen LogP contribution is 2.27. The van der Waals surface area contributed by atoms with Gasteiger partial charge in [-0.1, -0.05) is 24.3 Å². The number of fused-ring (bicyclic) bond motifs is 1. The molecule has 17 heavy (non-hydrogen) atoms. The molecule has 0 spiro atoms. The summed E-state index contributed by atoms with van der Waals surface area (Å²) in [6, 6.07) is 8.11. The topological polar surface area (TPSA) is 38.7 Å². The number of hydrogen-bond donors (Lipinski definition) is 2. The lowest BCUT2D eigenvalue weighted by molar-refractivity contribution is -0.0750. The first-order chi connectivity index (χ1) is 8.36. The van der Waals surface area contributed by atoms with Crippen molar-refractivity contribution in [2.45, 2.75) is 6.42 Å². The molecule has 0 saturated carbocycles. The van der Waals surface area contributed by atoms with Gasteiger partial charge in [0.2, 0.25) is 6.23 Å². The third kappa shape index (κ3) is 2.09. The molecule has 4 heteroatoms. The third-order valence-corrected chi connectivity index (χ3v) is 3.53. The van der Waals surface area contributed by atoms with Crippen LogP contribution in [0.2, 0.25) is 0 Å². The highest BCUT2D eigenvalue weighted by atomic mass is 16.3. The molecule has 2 aliphatic rings. The molecular weight excluding hydrogens is 214 g/mol. The molecule has 1 aromatic carbocycles. The normalized spacial score (nSPS) is 23.6. The van der Waals surface area contributed by atoms with Crippen molar-refractivity contribution in [2.24, 2.45) is 0 Å². The Morgan fingerprint density at radius 2 is 1.82 bits per heavy atom. The highest BCUT2D eigenvalue weighted by molar-refractivity contribution is 5.37. The van der Waals surface area contributed by atoms with Gasteiger partial charge in [-0.05, 0) is 12.0 Å². The Labute approximate surface area is 102 Å².